The van der Waals surface area contributed by atoms with E-state index in [4.69, 9.17) is 4.74 Å². The van der Waals surface area contributed by atoms with Gasteiger partial charge in [-0.05, 0) is 27.7 Å². The first kappa shape index (κ1) is 15.4. The second kappa shape index (κ2) is 4.50. The summed E-state index contributed by atoms with van der Waals surface area (Å²) in [6, 6.07) is 0. The molecule has 0 radical (unpaired) electrons. The van der Waals surface area contributed by atoms with Gasteiger partial charge in [-0.1, -0.05) is 0 Å². The number of carbonyl (C=O) groups excluding carboxylic acids is 2. The molecule has 2 aromatic rings. The van der Waals surface area contributed by atoms with Crippen molar-refractivity contribution in [2.45, 2.75) is 33.1 Å². The van der Waals surface area contributed by atoms with Crippen molar-refractivity contribution in [1.29, 1.82) is 0 Å². The highest BCUT2D eigenvalue weighted by molar-refractivity contribution is 6.10. The molecule has 0 unspecified atom stereocenters. The molecule has 128 valence electrons. The fourth-order valence-electron chi connectivity index (χ4n) is 3.75. The number of phenols is 2. The van der Waals surface area contributed by atoms with Gasteiger partial charge in [-0.25, -0.2) is 0 Å². The van der Waals surface area contributed by atoms with Crippen LogP contribution in [0.1, 0.15) is 57.1 Å². The first-order valence-corrected chi connectivity index (χ1v) is 7.79. The summed E-state index contributed by atoms with van der Waals surface area (Å²) in [6.07, 6.45) is 1.35. The molecule has 7 nitrogen and oxygen atoms in total. The first-order chi connectivity index (χ1) is 11.7. The summed E-state index contributed by atoms with van der Waals surface area (Å²) in [7, 11) is 0. The molecule has 3 N–H and O–H groups in total. The van der Waals surface area contributed by atoms with E-state index >= 15 is 0 Å². The third-order valence-corrected chi connectivity index (χ3v) is 5.12. The van der Waals surface area contributed by atoms with Crippen molar-refractivity contribution in [3.8, 4) is 17.2 Å². The fourth-order valence-corrected chi connectivity index (χ4v) is 3.75. The predicted molar refractivity (Wildman–Crippen MR) is 87.3 cm³/mol. The minimum Gasteiger partial charge on any atom is -0.507 e. The molecular formula is C18H16N2O5. The number of hydrogen-bond donors (Lipinski definition) is 3. The number of carbonyl (C=O) groups is 2. The maximum absolute atomic E-state index is 12.4. The third-order valence-electron chi connectivity index (χ3n) is 5.12. The number of benzene rings is 1. The van der Waals surface area contributed by atoms with Gasteiger partial charge in [0.25, 0.3) is 0 Å². The Kier molecular flexibility index (Phi) is 2.78. The highest BCUT2D eigenvalue weighted by Gasteiger charge is 2.53. The molecule has 1 aromatic carbocycles. The van der Waals surface area contributed by atoms with Crippen LogP contribution in [0.15, 0.2) is 11.8 Å². The van der Waals surface area contributed by atoms with Crippen LogP contribution in [0.25, 0.3) is 0 Å². The Hall–Kier alpha value is -3.09. The molecule has 1 aromatic heterocycles. The van der Waals surface area contributed by atoms with Crippen LogP contribution in [-0.2, 0) is 5.41 Å². The van der Waals surface area contributed by atoms with E-state index in [-0.39, 0.29) is 39.9 Å². The van der Waals surface area contributed by atoms with E-state index in [2.05, 4.69) is 10.2 Å². The van der Waals surface area contributed by atoms with Crippen LogP contribution in [0.3, 0.4) is 0 Å². The van der Waals surface area contributed by atoms with Crippen LogP contribution < -0.4 is 4.74 Å². The number of rotatable bonds is 1. The molecule has 1 aliphatic heterocycles. The van der Waals surface area contributed by atoms with Gasteiger partial charge in [-0.2, -0.15) is 5.10 Å². The quantitative estimate of drug-likeness (QED) is 0.687. The number of Topliss-reactive ketones (excluding diaryl/α,β-unsaturated/α-hetero) is 1. The number of aromatic amines is 1. The minimum atomic E-state index is -1.03. The number of nitrogens with zero attached hydrogens (tertiary/aromatic N) is 1. The second-order valence-electron chi connectivity index (χ2n) is 6.63. The third kappa shape index (κ3) is 1.62. The zero-order chi connectivity index (χ0) is 18.3. The summed E-state index contributed by atoms with van der Waals surface area (Å²) in [4.78, 5) is 24.5. The number of aromatic nitrogens is 2. The van der Waals surface area contributed by atoms with Crippen LogP contribution in [-0.4, -0.2) is 32.0 Å². The van der Waals surface area contributed by atoms with Gasteiger partial charge in [-0.15, -0.1) is 0 Å². The van der Waals surface area contributed by atoms with Gasteiger partial charge >= 0.3 is 0 Å². The molecule has 0 saturated heterocycles. The van der Waals surface area contributed by atoms with Gasteiger partial charge in [-0.3, -0.25) is 14.7 Å². The number of aromatic hydroxyl groups is 2. The zero-order valence-corrected chi connectivity index (χ0v) is 14.1. The monoisotopic (exact) mass is 340 g/mol. The van der Waals surface area contributed by atoms with E-state index in [0.717, 1.165) is 0 Å². The SMILES string of the molecule is CC(=O)c1c(O)c(C)c(O)c2c1OC1=CC(=O)c3c(n[nH]c3C)[C@@]12C. The molecule has 1 atom stereocenters. The van der Waals surface area contributed by atoms with Crippen LogP contribution >= 0.6 is 0 Å². The molecule has 0 bridgehead atoms. The maximum Gasteiger partial charge on any atom is 0.193 e. The molecular weight excluding hydrogens is 324 g/mol. The molecule has 0 spiro atoms. The Bertz CT molecular complexity index is 1030. The van der Waals surface area contributed by atoms with Crippen molar-refractivity contribution in [1.82, 2.24) is 10.2 Å². The van der Waals surface area contributed by atoms with Crippen molar-refractivity contribution in [3.63, 3.8) is 0 Å². The van der Waals surface area contributed by atoms with Gasteiger partial charge in [0.1, 0.15) is 34.0 Å². The van der Waals surface area contributed by atoms with Crippen LogP contribution in [0.4, 0.5) is 0 Å². The van der Waals surface area contributed by atoms with Crippen molar-refractivity contribution >= 4 is 11.6 Å². The van der Waals surface area contributed by atoms with Crippen molar-refractivity contribution in [2.75, 3.05) is 0 Å². The Labute approximate surface area is 142 Å². The first-order valence-electron chi connectivity index (χ1n) is 7.79. The topological polar surface area (TPSA) is 113 Å². The maximum atomic E-state index is 12.4. The number of ether oxygens (including phenoxy) is 1. The van der Waals surface area contributed by atoms with E-state index in [0.29, 0.717) is 22.5 Å². The lowest BCUT2D eigenvalue weighted by Crippen LogP contribution is -2.30. The van der Waals surface area contributed by atoms with E-state index in [1.165, 1.54) is 19.9 Å². The smallest absolute Gasteiger partial charge is 0.193 e. The van der Waals surface area contributed by atoms with E-state index in [9.17, 15) is 19.8 Å². The molecule has 2 heterocycles. The Balaban J connectivity index is 2.16. The molecule has 0 fully saturated rings. The van der Waals surface area contributed by atoms with Crippen LogP contribution in [0, 0.1) is 13.8 Å². The van der Waals surface area contributed by atoms with Crippen LogP contribution in [0.2, 0.25) is 0 Å². The lowest BCUT2D eigenvalue weighted by molar-refractivity contribution is 0.101. The van der Waals surface area contributed by atoms with Gasteiger partial charge in [0.05, 0.1) is 16.8 Å². The average molecular weight is 340 g/mol. The standard InChI is InChI=1S/C18H16N2O5/c1-6-14(23)12(8(3)21)16-13(15(6)24)18(4)10(25-16)5-9(22)11-7(2)19-20-17(11)18/h5,23-24H,1-4H3,(H,19,20)/t18-/m0/s1. The van der Waals surface area contributed by atoms with E-state index in [1.807, 2.05) is 0 Å². The molecule has 4 rings (SSSR count). The highest BCUT2D eigenvalue weighted by atomic mass is 16.5. The Morgan fingerprint density at radius 1 is 1.28 bits per heavy atom. The molecule has 2 aliphatic rings. The summed E-state index contributed by atoms with van der Waals surface area (Å²) < 4.78 is 5.81. The van der Waals surface area contributed by atoms with Crippen molar-refractivity contribution in [3.05, 3.63) is 45.5 Å². The zero-order valence-electron chi connectivity index (χ0n) is 14.1. The summed E-state index contributed by atoms with van der Waals surface area (Å²) in [5.74, 6) is -0.811. The normalized spacial score (nSPS) is 20.5. The lowest BCUT2D eigenvalue weighted by Gasteiger charge is -2.27. The van der Waals surface area contributed by atoms with Gasteiger partial charge in [0.2, 0.25) is 0 Å². The number of ketones is 2. The van der Waals surface area contributed by atoms with Crippen molar-refractivity contribution in [2.24, 2.45) is 0 Å². The number of H-pyrrole nitrogens is 1. The largest absolute Gasteiger partial charge is 0.507 e. The number of nitrogens with one attached hydrogen (secondary N) is 1. The fraction of sp³-hybridized carbons (Fsp3) is 0.278. The molecule has 0 saturated carbocycles. The van der Waals surface area contributed by atoms with Crippen molar-refractivity contribution < 1.29 is 24.5 Å². The number of allylic oxidation sites excluding steroid dienone is 2. The number of hydrogen-bond acceptors (Lipinski definition) is 6. The second-order valence-corrected chi connectivity index (χ2v) is 6.63. The molecule has 1 aliphatic carbocycles. The molecule has 0 amide bonds. The Morgan fingerprint density at radius 3 is 2.60 bits per heavy atom. The number of phenolic OH excluding ortho intramolecular Hbond substituents is 2. The van der Waals surface area contributed by atoms with Gasteiger partial charge in [0.15, 0.2) is 11.6 Å². The summed E-state index contributed by atoms with van der Waals surface area (Å²) in [5, 5.41) is 28.1. The molecule has 25 heavy (non-hydrogen) atoms. The lowest BCUT2D eigenvalue weighted by atomic mass is 9.72. The number of aryl methyl sites for hydroxylation is 1. The Morgan fingerprint density at radius 2 is 1.96 bits per heavy atom. The summed E-state index contributed by atoms with van der Waals surface area (Å²) in [6.45, 7) is 6.35. The minimum absolute atomic E-state index is 0.0110. The van der Waals surface area contributed by atoms with E-state index < -0.39 is 11.2 Å². The predicted octanol–water partition coefficient (Wildman–Crippen LogP) is 2.42. The number of fused-ring (bicyclic) bond motifs is 5. The average Bonchev–Trinajstić information content (AvgIpc) is 3.05. The summed E-state index contributed by atoms with van der Waals surface area (Å²) >= 11 is 0. The van der Waals surface area contributed by atoms with Gasteiger partial charge in [0, 0.05) is 17.3 Å². The van der Waals surface area contributed by atoms with Gasteiger partial charge < -0.3 is 14.9 Å². The summed E-state index contributed by atoms with van der Waals surface area (Å²) in [5.41, 5.74) is 0.948. The molecule has 7 heteroatoms. The van der Waals surface area contributed by atoms with E-state index in [1.54, 1.807) is 13.8 Å². The highest BCUT2D eigenvalue weighted by Crippen LogP contribution is 2.59. The van der Waals surface area contributed by atoms with Crippen LogP contribution in [0.5, 0.6) is 17.2 Å².